The van der Waals surface area contributed by atoms with Gasteiger partial charge in [0, 0.05) is 5.69 Å². The summed E-state index contributed by atoms with van der Waals surface area (Å²) in [7, 11) is 1.31. The van der Waals surface area contributed by atoms with Gasteiger partial charge in [0.2, 0.25) is 0 Å². The van der Waals surface area contributed by atoms with Gasteiger partial charge < -0.3 is 9.47 Å². The Hall–Kier alpha value is -2.48. The van der Waals surface area contributed by atoms with Crippen LogP contribution in [0, 0.1) is 12.3 Å². The predicted octanol–water partition coefficient (Wildman–Crippen LogP) is 3.87. The molecule has 126 valence electrons. The van der Waals surface area contributed by atoms with E-state index in [1.807, 2.05) is 13.8 Å². The molecule has 0 heterocycles. The van der Waals surface area contributed by atoms with Crippen LogP contribution in [0.5, 0.6) is 0 Å². The molecule has 0 spiro atoms. The summed E-state index contributed by atoms with van der Waals surface area (Å²) in [6.07, 6.45) is 4.76. The Balaban J connectivity index is 0.00000232. The Morgan fingerprint density at radius 3 is 2.09 bits per heavy atom. The van der Waals surface area contributed by atoms with Crippen LogP contribution in [0.4, 0.5) is 10.5 Å². The van der Waals surface area contributed by atoms with E-state index >= 15 is 0 Å². The number of nitrogens with zero attached hydrogens (tertiary/aromatic N) is 1. The van der Waals surface area contributed by atoms with Gasteiger partial charge in [0.05, 0.1) is 19.2 Å². The van der Waals surface area contributed by atoms with Crippen LogP contribution in [0.2, 0.25) is 0 Å². The number of ether oxygens (including phenoxy) is 2. The van der Waals surface area contributed by atoms with Gasteiger partial charge in [0.25, 0.3) is 0 Å². The SMILES string of the molecule is C#CCN(C(=O)OC(C)(C)C)c1ccc(C(=O)OC)cc1.CC. The van der Waals surface area contributed by atoms with Gasteiger partial charge in [-0.05, 0) is 45.0 Å². The zero-order valence-corrected chi connectivity index (χ0v) is 14.7. The number of carbonyl (C=O) groups is 2. The minimum atomic E-state index is -0.615. The van der Waals surface area contributed by atoms with Crippen molar-refractivity contribution in [3.05, 3.63) is 29.8 Å². The van der Waals surface area contributed by atoms with Gasteiger partial charge in [-0.25, -0.2) is 9.59 Å². The molecule has 0 atom stereocenters. The van der Waals surface area contributed by atoms with Gasteiger partial charge in [-0.3, -0.25) is 4.90 Å². The highest BCUT2D eigenvalue weighted by Crippen LogP contribution is 2.19. The molecule has 1 amide bonds. The smallest absolute Gasteiger partial charge is 0.415 e. The number of carbonyl (C=O) groups excluding carboxylic acids is 2. The van der Waals surface area contributed by atoms with Crippen molar-refractivity contribution in [1.29, 1.82) is 0 Å². The fraction of sp³-hybridized carbons (Fsp3) is 0.444. The quantitative estimate of drug-likeness (QED) is 0.627. The third-order valence-electron chi connectivity index (χ3n) is 2.46. The number of hydrogen-bond acceptors (Lipinski definition) is 4. The summed E-state index contributed by atoms with van der Waals surface area (Å²) in [5.41, 5.74) is 0.330. The molecule has 0 fully saturated rings. The minimum absolute atomic E-state index is 0.0759. The largest absolute Gasteiger partial charge is 0.465 e. The number of terminal acetylenes is 1. The highest BCUT2D eigenvalue weighted by molar-refractivity contribution is 5.92. The molecule has 23 heavy (non-hydrogen) atoms. The first-order valence-electron chi connectivity index (χ1n) is 7.41. The van der Waals surface area contributed by atoms with Crippen molar-refractivity contribution in [2.45, 2.75) is 40.2 Å². The first kappa shape index (κ1) is 20.5. The van der Waals surface area contributed by atoms with Crippen LogP contribution in [0.3, 0.4) is 0 Å². The summed E-state index contributed by atoms with van der Waals surface area (Å²) >= 11 is 0. The van der Waals surface area contributed by atoms with E-state index < -0.39 is 17.7 Å². The molecule has 0 aliphatic carbocycles. The topological polar surface area (TPSA) is 55.8 Å². The number of methoxy groups -OCH3 is 1. The number of anilines is 1. The Bertz CT molecular complexity index is 550. The fourth-order valence-corrected chi connectivity index (χ4v) is 1.56. The van der Waals surface area contributed by atoms with Gasteiger partial charge in [-0.15, -0.1) is 6.42 Å². The van der Waals surface area contributed by atoms with Crippen LogP contribution in [-0.2, 0) is 9.47 Å². The molecule has 5 heteroatoms. The second-order valence-electron chi connectivity index (χ2n) is 5.31. The van der Waals surface area contributed by atoms with Crippen molar-refractivity contribution in [3.63, 3.8) is 0 Å². The Labute approximate surface area is 138 Å². The van der Waals surface area contributed by atoms with Gasteiger partial charge in [0.1, 0.15) is 5.60 Å². The molecule has 0 saturated carbocycles. The molecule has 1 aromatic carbocycles. The fourth-order valence-electron chi connectivity index (χ4n) is 1.56. The zero-order chi connectivity index (χ0) is 18.0. The van der Waals surface area contributed by atoms with Crippen molar-refractivity contribution in [2.24, 2.45) is 0 Å². The number of esters is 1. The maximum absolute atomic E-state index is 12.1. The summed E-state index contributed by atoms with van der Waals surface area (Å²) in [5.74, 6) is 1.97. The monoisotopic (exact) mass is 319 g/mol. The number of rotatable bonds is 3. The average molecular weight is 319 g/mol. The lowest BCUT2D eigenvalue weighted by molar-refractivity contribution is 0.0582. The Morgan fingerprint density at radius 1 is 1.17 bits per heavy atom. The number of amides is 1. The van der Waals surface area contributed by atoms with E-state index in [0.717, 1.165) is 0 Å². The number of hydrogen-bond donors (Lipinski definition) is 0. The van der Waals surface area contributed by atoms with E-state index in [1.54, 1.807) is 45.0 Å². The molecule has 0 aliphatic rings. The van der Waals surface area contributed by atoms with Crippen molar-refractivity contribution in [1.82, 2.24) is 0 Å². The standard InChI is InChI=1S/C16H19NO4.C2H6/c1-6-11-17(15(19)21-16(2,3)4)13-9-7-12(8-10-13)14(18)20-5;1-2/h1,7-10H,11H2,2-5H3;1-2H3. The van der Waals surface area contributed by atoms with Crippen molar-refractivity contribution >= 4 is 17.7 Å². The Morgan fingerprint density at radius 2 is 1.70 bits per heavy atom. The molecule has 0 unspecified atom stereocenters. The summed E-state index contributed by atoms with van der Waals surface area (Å²) in [4.78, 5) is 24.8. The highest BCUT2D eigenvalue weighted by atomic mass is 16.6. The lowest BCUT2D eigenvalue weighted by Crippen LogP contribution is -2.37. The second-order valence-corrected chi connectivity index (χ2v) is 5.31. The maximum atomic E-state index is 12.1. The van der Waals surface area contributed by atoms with E-state index in [0.29, 0.717) is 11.3 Å². The highest BCUT2D eigenvalue weighted by Gasteiger charge is 2.23. The van der Waals surface area contributed by atoms with Crippen LogP contribution in [0.1, 0.15) is 45.0 Å². The first-order chi connectivity index (χ1) is 10.8. The normalized spacial score (nSPS) is 9.78. The van der Waals surface area contributed by atoms with E-state index in [2.05, 4.69) is 10.7 Å². The summed E-state index contributed by atoms with van der Waals surface area (Å²) < 4.78 is 9.93. The van der Waals surface area contributed by atoms with Crippen molar-refractivity contribution < 1.29 is 19.1 Å². The summed E-state index contributed by atoms with van der Waals surface area (Å²) in [6, 6.07) is 6.37. The molecule has 0 radical (unpaired) electrons. The van der Waals surface area contributed by atoms with Crippen molar-refractivity contribution in [2.75, 3.05) is 18.6 Å². The van der Waals surface area contributed by atoms with Crippen LogP contribution >= 0.6 is 0 Å². The van der Waals surface area contributed by atoms with Gasteiger partial charge in [-0.2, -0.15) is 0 Å². The van der Waals surface area contributed by atoms with Crippen LogP contribution < -0.4 is 4.90 Å². The average Bonchev–Trinajstić information content (AvgIpc) is 2.52. The molecule has 1 aromatic rings. The molecule has 0 aliphatic heterocycles. The third-order valence-corrected chi connectivity index (χ3v) is 2.46. The first-order valence-corrected chi connectivity index (χ1v) is 7.41. The van der Waals surface area contributed by atoms with Crippen LogP contribution in [0.25, 0.3) is 0 Å². The zero-order valence-electron chi connectivity index (χ0n) is 14.7. The predicted molar refractivity (Wildman–Crippen MR) is 91.5 cm³/mol. The van der Waals surface area contributed by atoms with Crippen LogP contribution in [0.15, 0.2) is 24.3 Å². The van der Waals surface area contributed by atoms with Gasteiger partial charge in [-0.1, -0.05) is 19.8 Å². The molecule has 0 N–H and O–H groups in total. The van der Waals surface area contributed by atoms with E-state index in [4.69, 9.17) is 11.2 Å². The second kappa shape index (κ2) is 9.52. The molecular formula is C18H25NO4. The number of benzene rings is 1. The van der Waals surface area contributed by atoms with Gasteiger partial charge in [0.15, 0.2) is 0 Å². The molecule has 0 saturated heterocycles. The Kier molecular flexibility index (Phi) is 8.49. The summed E-state index contributed by atoms with van der Waals surface area (Å²) in [6.45, 7) is 9.41. The molecule has 5 nitrogen and oxygen atoms in total. The maximum Gasteiger partial charge on any atom is 0.415 e. The molecule has 0 aromatic heterocycles. The lowest BCUT2D eigenvalue weighted by atomic mass is 10.2. The molecule has 0 bridgehead atoms. The van der Waals surface area contributed by atoms with Gasteiger partial charge >= 0.3 is 12.1 Å². The van der Waals surface area contributed by atoms with Crippen LogP contribution in [-0.4, -0.2) is 31.3 Å². The minimum Gasteiger partial charge on any atom is -0.465 e. The van der Waals surface area contributed by atoms with E-state index in [9.17, 15) is 9.59 Å². The van der Waals surface area contributed by atoms with E-state index in [1.165, 1.54) is 12.0 Å². The van der Waals surface area contributed by atoms with Crippen molar-refractivity contribution in [3.8, 4) is 12.3 Å². The summed E-state index contributed by atoms with van der Waals surface area (Å²) in [5, 5.41) is 0. The third kappa shape index (κ3) is 6.88. The molecule has 1 rings (SSSR count). The molecular weight excluding hydrogens is 294 g/mol. The van der Waals surface area contributed by atoms with E-state index in [-0.39, 0.29) is 6.54 Å². The lowest BCUT2D eigenvalue weighted by Gasteiger charge is -2.26.